The van der Waals surface area contributed by atoms with Gasteiger partial charge >= 0.3 is 5.97 Å². The van der Waals surface area contributed by atoms with Gasteiger partial charge in [-0.25, -0.2) is 0 Å². The predicted molar refractivity (Wildman–Crippen MR) is 97.4 cm³/mol. The molecule has 0 spiro atoms. The Morgan fingerprint density at radius 1 is 1.38 bits per heavy atom. The lowest BCUT2D eigenvalue weighted by Gasteiger charge is -2.24. The Hall–Kier alpha value is -2.12. The minimum Gasteiger partial charge on any atom is -0.481 e. The lowest BCUT2D eigenvalue weighted by molar-refractivity contribution is -0.138. The zero-order valence-electron chi connectivity index (χ0n) is 15.0. The van der Waals surface area contributed by atoms with Crippen LogP contribution in [-0.4, -0.2) is 53.6 Å². The molecule has 1 aliphatic rings. The first-order valence-electron chi connectivity index (χ1n) is 8.38. The molecule has 0 saturated carbocycles. The average molecular weight is 383 g/mol. The van der Waals surface area contributed by atoms with Crippen LogP contribution in [0.25, 0.3) is 0 Å². The first-order valence-corrected chi connectivity index (χ1v) is 8.76. The summed E-state index contributed by atoms with van der Waals surface area (Å²) in [7, 11) is 1.53. The van der Waals surface area contributed by atoms with E-state index in [4.69, 9.17) is 21.4 Å². The Labute approximate surface area is 157 Å². The maximum Gasteiger partial charge on any atom is 0.305 e. The minimum atomic E-state index is -0.978. The predicted octanol–water partition coefficient (Wildman–Crippen LogP) is 2.64. The van der Waals surface area contributed by atoms with Crippen LogP contribution in [-0.2, 0) is 14.3 Å². The molecule has 1 fully saturated rings. The number of anilines is 1. The van der Waals surface area contributed by atoms with E-state index in [1.807, 2.05) is 0 Å². The molecule has 0 bridgehead atoms. The van der Waals surface area contributed by atoms with Crippen LogP contribution < -0.4 is 5.32 Å². The van der Waals surface area contributed by atoms with E-state index in [0.29, 0.717) is 18.7 Å². The number of amides is 2. The Morgan fingerprint density at radius 3 is 2.65 bits per heavy atom. The molecule has 0 aliphatic carbocycles. The van der Waals surface area contributed by atoms with Gasteiger partial charge in [0.2, 0.25) is 5.91 Å². The highest BCUT2D eigenvalue weighted by molar-refractivity contribution is 6.34. The zero-order chi connectivity index (χ0) is 19.4. The molecular formula is C18H23ClN2O5. The van der Waals surface area contributed by atoms with E-state index in [9.17, 15) is 14.4 Å². The summed E-state index contributed by atoms with van der Waals surface area (Å²) in [5.74, 6) is -1.73. The molecule has 0 aromatic heterocycles. The molecule has 142 valence electrons. The number of rotatable bonds is 6. The van der Waals surface area contributed by atoms with Crippen LogP contribution in [0.5, 0.6) is 0 Å². The number of carboxylic acids is 1. The lowest BCUT2D eigenvalue weighted by Crippen LogP contribution is -2.37. The molecule has 2 unspecified atom stereocenters. The molecule has 1 aliphatic heterocycles. The van der Waals surface area contributed by atoms with Crippen LogP contribution in [0.2, 0.25) is 5.02 Å². The third-order valence-electron chi connectivity index (χ3n) is 4.37. The number of halogens is 1. The number of methoxy groups -OCH3 is 1. The number of aliphatic carboxylic acids is 1. The summed E-state index contributed by atoms with van der Waals surface area (Å²) in [4.78, 5) is 37.4. The number of benzene rings is 1. The largest absolute Gasteiger partial charge is 0.481 e. The van der Waals surface area contributed by atoms with Gasteiger partial charge in [-0.3, -0.25) is 14.4 Å². The highest BCUT2D eigenvalue weighted by Crippen LogP contribution is 2.28. The summed E-state index contributed by atoms with van der Waals surface area (Å²) in [6.45, 7) is 3.83. The molecule has 2 N–H and O–H groups in total. The van der Waals surface area contributed by atoms with Gasteiger partial charge in [0, 0.05) is 31.3 Å². The van der Waals surface area contributed by atoms with Gasteiger partial charge in [0.05, 0.1) is 23.1 Å². The molecule has 0 radical (unpaired) electrons. The number of hydrogen-bond acceptors (Lipinski definition) is 4. The molecule has 1 aromatic carbocycles. The van der Waals surface area contributed by atoms with Crippen LogP contribution in [0.15, 0.2) is 18.2 Å². The van der Waals surface area contributed by atoms with Crippen LogP contribution in [0, 0.1) is 5.92 Å². The number of carboxylic acid groups (broad SMARTS) is 1. The zero-order valence-corrected chi connectivity index (χ0v) is 15.7. The number of nitrogens with one attached hydrogen (secondary N) is 1. The van der Waals surface area contributed by atoms with Gasteiger partial charge in [0.1, 0.15) is 0 Å². The smallest absolute Gasteiger partial charge is 0.305 e. The van der Waals surface area contributed by atoms with E-state index in [-0.39, 0.29) is 40.8 Å². The second-order valence-corrected chi connectivity index (χ2v) is 7.05. The van der Waals surface area contributed by atoms with Crippen molar-refractivity contribution in [1.29, 1.82) is 0 Å². The van der Waals surface area contributed by atoms with E-state index in [1.54, 1.807) is 26.0 Å². The third kappa shape index (κ3) is 4.74. The summed E-state index contributed by atoms with van der Waals surface area (Å²) < 4.78 is 5.30. The highest BCUT2D eigenvalue weighted by atomic mass is 35.5. The van der Waals surface area contributed by atoms with Gasteiger partial charge < -0.3 is 20.1 Å². The van der Waals surface area contributed by atoms with Crippen LogP contribution >= 0.6 is 11.6 Å². The van der Waals surface area contributed by atoms with E-state index < -0.39 is 12.0 Å². The molecule has 2 amide bonds. The van der Waals surface area contributed by atoms with Crippen molar-refractivity contribution in [2.45, 2.75) is 38.8 Å². The highest BCUT2D eigenvalue weighted by Gasteiger charge is 2.37. The summed E-state index contributed by atoms with van der Waals surface area (Å²) in [6, 6.07) is 4.22. The molecule has 8 heteroatoms. The van der Waals surface area contributed by atoms with Crippen molar-refractivity contribution < 1.29 is 24.2 Å². The van der Waals surface area contributed by atoms with E-state index >= 15 is 0 Å². The fourth-order valence-electron chi connectivity index (χ4n) is 2.90. The van der Waals surface area contributed by atoms with Crippen molar-refractivity contribution in [1.82, 2.24) is 4.90 Å². The summed E-state index contributed by atoms with van der Waals surface area (Å²) in [6.07, 6.45) is 0.0778. The molecular weight excluding hydrogens is 360 g/mol. The monoisotopic (exact) mass is 382 g/mol. The number of ether oxygens (including phenoxy) is 1. The standard InChI is InChI=1S/C18H23ClN2O5/c1-10(2)17(24)20-11-4-5-15(19)14(6-11)18(25)21-9-13(26-3)7-12(21)8-16(22)23/h4-6,10,12-13H,7-9H2,1-3H3,(H,20,24)(H,22,23). The Kier molecular flexibility index (Phi) is 6.61. The van der Waals surface area contributed by atoms with Gasteiger partial charge in [-0.1, -0.05) is 25.4 Å². The second-order valence-electron chi connectivity index (χ2n) is 6.64. The quantitative estimate of drug-likeness (QED) is 0.788. The number of carbonyl (C=O) groups excluding carboxylic acids is 2. The molecule has 2 atom stereocenters. The normalized spacial score (nSPS) is 19.7. The van der Waals surface area contributed by atoms with Gasteiger partial charge in [-0.15, -0.1) is 0 Å². The third-order valence-corrected chi connectivity index (χ3v) is 4.70. The molecule has 1 saturated heterocycles. The molecule has 26 heavy (non-hydrogen) atoms. The SMILES string of the molecule is COC1CC(CC(=O)O)N(C(=O)c2cc(NC(=O)C(C)C)ccc2Cl)C1. The van der Waals surface area contributed by atoms with Crippen LogP contribution in [0.1, 0.15) is 37.0 Å². The molecule has 7 nitrogen and oxygen atoms in total. The van der Waals surface area contributed by atoms with Crippen molar-refractivity contribution in [2.75, 3.05) is 19.0 Å². The Balaban J connectivity index is 2.26. The Bertz CT molecular complexity index is 707. The van der Waals surface area contributed by atoms with Crippen LogP contribution in [0.3, 0.4) is 0 Å². The molecule has 1 heterocycles. The number of carbonyl (C=O) groups is 3. The fraction of sp³-hybridized carbons (Fsp3) is 0.500. The van der Waals surface area contributed by atoms with Gasteiger partial charge in [-0.2, -0.15) is 0 Å². The van der Waals surface area contributed by atoms with Gasteiger partial charge in [-0.05, 0) is 24.6 Å². The maximum absolute atomic E-state index is 13.0. The molecule has 2 rings (SSSR count). The number of likely N-dealkylation sites (tertiary alicyclic amines) is 1. The van der Waals surface area contributed by atoms with E-state index in [0.717, 1.165) is 0 Å². The molecule has 1 aromatic rings. The van der Waals surface area contributed by atoms with E-state index in [1.165, 1.54) is 18.1 Å². The van der Waals surface area contributed by atoms with Crippen molar-refractivity contribution in [3.63, 3.8) is 0 Å². The fourth-order valence-corrected chi connectivity index (χ4v) is 3.09. The van der Waals surface area contributed by atoms with Crippen molar-refractivity contribution in [2.24, 2.45) is 5.92 Å². The average Bonchev–Trinajstić information content (AvgIpc) is 2.98. The Morgan fingerprint density at radius 2 is 2.08 bits per heavy atom. The lowest BCUT2D eigenvalue weighted by atomic mass is 10.1. The summed E-state index contributed by atoms with van der Waals surface area (Å²) in [5.41, 5.74) is 0.689. The minimum absolute atomic E-state index is 0.160. The number of hydrogen-bond donors (Lipinski definition) is 2. The second kappa shape index (κ2) is 8.51. The first kappa shape index (κ1) is 20.2. The summed E-state index contributed by atoms with van der Waals surface area (Å²) in [5, 5.41) is 12.1. The number of nitrogens with zero attached hydrogens (tertiary/aromatic N) is 1. The maximum atomic E-state index is 13.0. The van der Waals surface area contributed by atoms with Gasteiger partial charge in [0.15, 0.2) is 0 Å². The first-order chi connectivity index (χ1) is 12.2. The van der Waals surface area contributed by atoms with Crippen molar-refractivity contribution >= 4 is 35.1 Å². The van der Waals surface area contributed by atoms with Crippen LogP contribution in [0.4, 0.5) is 5.69 Å². The van der Waals surface area contributed by atoms with Gasteiger partial charge in [0.25, 0.3) is 5.91 Å². The van der Waals surface area contributed by atoms with E-state index in [2.05, 4.69) is 5.32 Å². The summed E-state index contributed by atoms with van der Waals surface area (Å²) >= 11 is 6.18. The topological polar surface area (TPSA) is 95.9 Å². The van der Waals surface area contributed by atoms with Crippen molar-refractivity contribution in [3.8, 4) is 0 Å². The van der Waals surface area contributed by atoms with Crippen molar-refractivity contribution in [3.05, 3.63) is 28.8 Å².